The number of carbonyl (C=O) groups excluding carboxylic acids is 3. The van der Waals surface area contributed by atoms with Crippen LogP contribution in [0.5, 0.6) is 0 Å². The van der Waals surface area contributed by atoms with Crippen molar-refractivity contribution in [1.82, 2.24) is 10.3 Å². The van der Waals surface area contributed by atoms with E-state index in [4.69, 9.17) is 9.47 Å². The Morgan fingerprint density at radius 2 is 1.74 bits per heavy atom. The van der Waals surface area contributed by atoms with E-state index in [1.165, 1.54) is 7.11 Å². The first kappa shape index (κ1) is 41.3. The average Bonchev–Trinajstić information content (AvgIpc) is 3.56. The number of hydrogen-bond donors (Lipinski definition) is 4. The van der Waals surface area contributed by atoms with Gasteiger partial charge in [0.2, 0.25) is 0 Å². The molecule has 0 radical (unpaired) electrons. The third-order valence-corrected chi connectivity index (χ3v) is 15.4. The van der Waals surface area contributed by atoms with Crippen molar-refractivity contribution in [2.24, 2.45) is 46.3 Å². The van der Waals surface area contributed by atoms with Crippen molar-refractivity contribution in [2.45, 2.75) is 117 Å². The molecular weight excluding hydrogens is 719 g/mol. The van der Waals surface area contributed by atoms with Crippen molar-refractivity contribution in [3.8, 4) is 0 Å². The maximum atomic E-state index is 13.1. The zero-order valence-electron chi connectivity index (χ0n) is 34.7. The number of benzene rings is 2. The number of hydrogen-bond acceptors (Lipinski definition) is 9. The Morgan fingerprint density at radius 1 is 0.982 bits per heavy atom. The van der Waals surface area contributed by atoms with Gasteiger partial charge < -0.3 is 30.3 Å². The second-order valence-electron chi connectivity index (χ2n) is 18.3. The molecule has 0 aliphatic heterocycles. The van der Waals surface area contributed by atoms with Gasteiger partial charge in [-0.15, -0.1) is 0 Å². The third-order valence-electron chi connectivity index (χ3n) is 15.4. The van der Waals surface area contributed by atoms with E-state index < -0.39 is 12.2 Å². The van der Waals surface area contributed by atoms with Gasteiger partial charge in [-0.25, -0.2) is 0 Å². The number of pyridine rings is 1. The summed E-state index contributed by atoms with van der Waals surface area (Å²) in [6, 6.07) is 15.3. The number of fused-ring (bicyclic) bond motifs is 6. The zero-order valence-corrected chi connectivity index (χ0v) is 34.7. The van der Waals surface area contributed by atoms with Crippen LogP contribution in [0.1, 0.15) is 117 Å². The van der Waals surface area contributed by atoms with Crippen LogP contribution in [0.25, 0.3) is 10.9 Å². The predicted octanol–water partition coefficient (Wildman–Crippen LogP) is 7.66. The first-order chi connectivity index (χ1) is 27.3. The SMILES string of the molecule is COC(=O)CC[C@@H](C)[C@H]1CCC2C3C(O)CC4C[C@@H](OCCNC(=O)c5ccc(CNc6c(C(C)=O)c(C)nc7ccccc67)cc5)CC[C@]4(C)C3C[C@H](O)[C@@]21C. The molecule has 1 heterocycles. The van der Waals surface area contributed by atoms with Crippen molar-refractivity contribution in [1.29, 1.82) is 0 Å². The van der Waals surface area contributed by atoms with E-state index in [1.807, 2.05) is 55.5 Å². The smallest absolute Gasteiger partial charge is 0.305 e. The lowest BCUT2D eigenvalue weighted by Crippen LogP contribution is -2.62. The lowest BCUT2D eigenvalue weighted by molar-refractivity contribution is -0.209. The van der Waals surface area contributed by atoms with E-state index in [-0.39, 0.29) is 52.3 Å². The maximum Gasteiger partial charge on any atom is 0.305 e. The van der Waals surface area contributed by atoms with Gasteiger partial charge in [-0.3, -0.25) is 19.4 Å². The van der Waals surface area contributed by atoms with Gasteiger partial charge in [-0.1, -0.05) is 51.1 Å². The van der Waals surface area contributed by atoms with Gasteiger partial charge in [-0.05, 0) is 135 Å². The number of Topliss-reactive ketones (excluding diaryl/α,β-unsaturated/α-hetero) is 1. The molecule has 3 aromatic rings. The molecule has 308 valence electrons. The van der Waals surface area contributed by atoms with E-state index in [9.17, 15) is 24.6 Å². The number of para-hydroxylation sites is 1. The van der Waals surface area contributed by atoms with Crippen molar-refractivity contribution < 1.29 is 34.1 Å². The summed E-state index contributed by atoms with van der Waals surface area (Å²) < 4.78 is 11.3. The van der Waals surface area contributed by atoms with E-state index in [2.05, 4.69) is 36.4 Å². The second kappa shape index (κ2) is 16.8. The lowest BCUT2D eigenvalue weighted by atomic mass is 9.43. The molecule has 0 spiro atoms. The molecule has 0 bridgehead atoms. The van der Waals surface area contributed by atoms with Crippen LogP contribution in [0.2, 0.25) is 0 Å². The third kappa shape index (κ3) is 7.86. The number of ketones is 1. The van der Waals surface area contributed by atoms with Gasteiger partial charge in [0.25, 0.3) is 5.91 Å². The fraction of sp³-hybridized carbons (Fsp3) is 0.617. The molecule has 10 nitrogen and oxygen atoms in total. The van der Waals surface area contributed by atoms with Crippen LogP contribution >= 0.6 is 0 Å². The number of nitrogens with zero attached hydrogens (tertiary/aromatic N) is 1. The number of aromatic nitrogens is 1. The highest BCUT2D eigenvalue weighted by Gasteiger charge is 2.65. The van der Waals surface area contributed by atoms with Crippen LogP contribution in [-0.4, -0.2) is 71.4 Å². The fourth-order valence-electron chi connectivity index (χ4n) is 12.3. The van der Waals surface area contributed by atoms with Crippen molar-refractivity contribution in [2.75, 3.05) is 25.6 Å². The standard InChI is InChI=1S/C47H63N3O7/c1-27(11-18-41(54)56-6)35-16-17-36-43-37(25-40(53)47(35,36)5)46(4)20-19-33(23-32(46)24-39(43)52)57-22-21-48-45(55)31-14-12-30(13-15-31)26-49-44-34-9-7-8-10-38(34)50-28(2)42(44)29(3)51/h7-10,12-15,27,32-33,35-37,39-40,43,52-53H,11,16-26H2,1-6H3,(H,48,55)(H,49,50)/t27-,32?,33+,35-,36?,37?,39?,40+,43?,46+,47-/m1/s1. The number of rotatable bonds is 13. The molecule has 10 heteroatoms. The number of ether oxygens (including phenoxy) is 2. The molecule has 7 rings (SSSR count). The quantitative estimate of drug-likeness (QED) is 0.0780. The Labute approximate surface area is 337 Å². The summed E-state index contributed by atoms with van der Waals surface area (Å²) in [6.07, 6.45) is 6.77. The number of methoxy groups -OCH3 is 1. The largest absolute Gasteiger partial charge is 0.469 e. The van der Waals surface area contributed by atoms with E-state index in [0.717, 1.165) is 73.5 Å². The van der Waals surface area contributed by atoms with E-state index in [0.29, 0.717) is 60.7 Å². The minimum absolute atomic E-state index is 0.0377. The number of nitrogens with one attached hydrogen (secondary N) is 2. The number of carbonyl (C=O) groups is 3. The number of aliphatic hydroxyl groups excluding tert-OH is 2. The van der Waals surface area contributed by atoms with Crippen molar-refractivity contribution in [3.05, 3.63) is 70.9 Å². The number of aryl methyl sites for hydroxylation is 1. The summed E-state index contributed by atoms with van der Waals surface area (Å²) >= 11 is 0. The number of amides is 1. The van der Waals surface area contributed by atoms with Crippen LogP contribution in [0.3, 0.4) is 0 Å². The fourth-order valence-corrected chi connectivity index (χ4v) is 12.3. The summed E-state index contributed by atoms with van der Waals surface area (Å²) in [5, 5.41) is 31.1. The molecule has 1 aromatic heterocycles. The summed E-state index contributed by atoms with van der Waals surface area (Å²) in [5.74, 6) is 1.29. The Morgan fingerprint density at radius 3 is 2.47 bits per heavy atom. The Bertz CT molecular complexity index is 1950. The zero-order chi connectivity index (χ0) is 40.6. The Hall–Kier alpha value is -3.86. The highest BCUT2D eigenvalue weighted by molar-refractivity contribution is 6.08. The van der Waals surface area contributed by atoms with Gasteiger partial charge in [0, 0.05) is 30.5 Å². The van der Waals surface area contributed by atoms with Crippen LogP contribution in [0, 0.1) is 53.3 Å². The Kier molecular flexibility index (Phi) is 12.2. The van der Waals surface area contributed by atoms with Crippen LogP contribution in [-0.2, 0) is 20.8 Å². The van der Waals surface area contributed by atoms with Gasteiger partial charge in [-0.2, -0.15) is 0 Å². The van der Waals surface area contributed by atoms with E-state index >= 15 is 0 Å². The monoisotopic (exact) mass is 781 g/mol. The summed E-state index contributed by atoms with van der Waals surface area (Å²) in [7, 11) is 1.44. The molecule has 4 aliphatic rings. The van der Waals surface area contributed by atoms with Crippen LogP contribution in [0.4, 0.5) is 5.69 Å². The van der Waals surface area contributed by atoms with E-state index in [1.54, 1.807) is 6.92 Å². The molecule has 1 amide bonds. The van der Waals surface area contributed by atoms with Crippen molar-refractivity contribution in [3.63, 3.8) is 0 Å². The van der Waals surface area contributed by atoms with Gasteiger partial charge in [0.1, 0.15) is 0 Å². The lowest BCUT2D eigenvalue weighted by Gasteiger charge is -2.63. The maximum absolute atomic E-state index is 13.1. The van der Waals surface area contributed by atoms with Crippen LogP contribution in [0.15, 0.2) is 48.5 Å². The number of anilines is 1. The predicted molar refractivity (Wildman–Crippen MR) is 221 cm³/mol. The van der Waals surface area contributed by atoms with Crippen molar-refractivity contribution >= 4 is 34.3 Å². The summed E-state index contributed by atoms with van der Waals surface area (Å²) in [6.45, 7) is 11.6. The highest BCUT2D eigenvalue weighted by atomic mass is 16.5. The molecular formula is C47H63N3O7. The average molecular weight is 782 g/mol. The Balaban J connectivity index is 0.893. The topological polar surface area (TPSA) is 147 Å². The van der Waals surface area contributed by atoms with Gasteiger partial charge >= 0.3 is 5.97 Å². The normalized spacial score (nSPS) is 32.4. The first-order valence-electron chi connectivity index (χ1n) is 21.3. The minimum Gasteiger partial charge on any atom is -0.469 e. The molecule has 57 heavy (non-hydrogen) atoms. The molecule has 4 aliphatic carbocycles. The first-order valence-corrected chi connectivity index (χ1v) is 21.3. The molecule has 5 unspecified atom stereocenters. The summed E-state index contributed by atoms with van der Waals surface area (Å²) in [4.78, 5) is 42.1. The molecule has 4 saturated carbocycles. The molecule has 11 atom stereocenters. The number of esters is 1. The second-order valence-corrected chi connectivity index (χ2v) is 18.3. The minimum atomic E-state index is -0.428. The molecule has 4 fully saturated rings. The number of aliphatic hydroxyl groups is 2. The van der Waals surface area contributed by atoms with Gasteiger partial charge in [0.05, 0.1) is 54.5 Å². The van der Waals surface area contributed by atoms with Crippen LogP contribution < -0.4 is 10.6 Å². The molecule has 2 aromatic carbocycles. The molecule has 0 saturated heterocycles. The summed E-state index contributed by atoms with van der Waals surface area (Å²) in [5.41, 5.74) is 4.23. The van der Waals surface area contributed by atoms with Gasteiger partial charge in [0.15, 0.2) is 5.78 Å². The highest BCUT2D eigenvalue weighted by Crippen LogP contribution is 2.68. The molecule has 4 N–H and O–H groups in total.